The number of sulfonamides is 1. The standard InChI is InChI=1S/C21H28N4O5S/c1-4-13-22-21(28)17-9-7-8-10-18(17)23-19(26)15-24-14-16(11-12-20(24)27)31(29,30)25(5-2)6-3/h7-12,14H,4-6,13,15H2,1-3H3,(H,22,28)(H,23,26). The first-order valence-corrected chi connectivity index (χ1v) is 11.6. The fraction of sp³-hybridized carbons (Fsp3) is 0.381. The van der Waals surface area contributed by atoms with Crippen molar-refractivity contribution in [2.24, 2.45) is 0 Å². The van der Waals surface area contributed by atoms with E-state index in [2.05, 4.69) is 10.6 Å². The van der Waals surface area contributed by atoms with Crippen molar-refractivity contribution in [3.8, 4) is 0 Å². The first-order valence-electron chi connectivity index (χ1n) is 10.1. The third-order valence-electron chi connectivity index (χ3n) is 4.59. The first kappa shape index (κ1) is 24.3. The third-order valence-corrected chi connectivity index (χ3v) is 6.63. The van der Waals surface area contributed by atoms with Gasteiger partial charge in [0, 0.05) is 31.9 Å². The summed E-state index contributed by atoms with van der Waals surface area (Å²) in [5.74, 6) is -0.877. The van der Waals surface area contributed by atoms with Gasteiger partial charge in [0.25, 0.3) is 11.5 Å². The van der Waals surface area contributed by atoms with Crippen molar-refractivity contribution in [3.63, 3.8) is 0 Å². The SMILES string of the molecule is CCCNC(=O)c1ccccc1NC(=O)Cn1cc(S(=O)(=O)N(CC)CC)ccc1=O. The van der Waals surface area contributed by atoms with Crippen LogP contribution < -0.4 is 16.2 Å². The summed E-state index contributed by atoms with van der Waals surface area (Å²) in [5.41, 5.74) is 0.0956. The number of amides is 2. The van der Waals surface area contributed by atoms with Gasteiger partial charge in [-0.15, -0.1) is 0 Å². The zero-order chi connectivity index (χ0) is 23.0. The molecule has 168 valence electrons. The molecule has 2 rings (SSSR count). The molecule has 0 bridgehead atoms. The fourth-order valence-electron chi connectivity index (χ4n) is 2.97. The maximum Gasteiger partial charge on any atom is 0.253 e. The van der Waals surface area contributed by atoms with Crippen LogP contribution in [0.1, 0.15) is 37.6 Å². The summed E-state index contributed by atoms with van der Waals surface area (Å²) in [5, 5.41) is 5.38. The Hall–Kier alpha value is -2.98. The molecular formula is C21H28N4O5S. The molecule has 0 saturated heterocycles. The molecule has 2 aromatic rings. The number of hydrogen-bond acceptors (Lipinski definition) is 5. The van der Waals surface area contributed by atoms with E-state index in [0.29, 0.717) is 17.8 Å². The van der Waals surface area contributed by atoms with Gasteiger partial charge in [0.1, 0.15) is 6.54 Å². The van der Waals surface area contributed by atoms with Crippen LogP contribution in [0.4, 0.5) is 5.69 Å². The van der Waals surface area contributed by atoms with Gasteiger partial charge < -0.3 is 15.2 Å². The highest BCUT2D eigenvalue weighted by Crippen LogP contribution is 2.16. The number of rotatable bonds is 10. The van der Waals surface area contributed by atoms with Gasteiger partial charge >= 0.3 is 0 Å². The van der Waals surface area contributed by atoms with E-state index in [0.717, 1.165) is 23.3 Å². The van der Waals surface area contributed by atoms with E-state index in [1.54, 1.807) is 38.1 Å². The number of pyridine rings is 1. The molecule has 0 aliphatic carbocycles. The minimum Gasteiger partial charge on any atom is -0.352 e. The Kier molecular flexibility index (Phi) is 8.52. The molecule has 10 heteroatoms. The van der Waals surface area contributed by atoms with E-state index in [4.69, 9.17) is 0 Å². The number of nitrogens with one attached hydrogen (secondary N) is 2. The summed E-state index contributed by atoms with van der Waals surface area (Å²) >= 11 is 0. The molecule has 0 radical (unpaired) electrons. The zero-order valence-corrected chi connectivity index (χ0v) is 18.7. The van der Waals surface area contributed by atoms with Gasteiger partial charge in [0.15, 0.2) is 0 Å². The summed E-state index contributed by atoms with van der Waals surface area (Å²) in [7, 11) is -3.77. The van der Waals surface area contributed by atoms with Crippen molar-refractivity contribution < 1.29 is 18.0 Å². The molecule has 2 amide bonds. The molecule has 0 aliphatic rings. The quantitative estimate of drug-likeness (QED) is 0.573. The highest BCUT2D eigenvalue weighted by atomic mass is 32.2. The van der Waals surface area contributed by atoms with E-state index in [1.165, 1.54) is 10.4 Å². The highest BCUT2D eigenvalue weighted by Gasteiger charge is 2.22. The number of para-hydroxylation sites is 1. The first-order chi connectivity index (χ1) is 14.7. The lowest BCUT2D eigenvalue weighted by atomic mass is 10.1. The lowest BCUT2D eigenvalue weighted by molar-refractivity contribution is -0.116. The molecular weight excluding hydrogens is 420 g/mol. The van der Waals surface area contributed by atoms with Crippen LogP contribution in [0.25, 0.3) is 0 Å². The molecule has 0 saturated carbocycles. The molecule has 0 fully saturated rings. The second-order valence-electron chi connectivity index (χ2n) is 6.77. The van der Waals surface area contributed by atoms with Crippen LogP contribution in [-0.2, 0) is 21.4 Å². The van der Waals surface area contributed by atoms with Crippen LogP contribution in [0.5, 0.6) is 0 Å². The van der Waals surface area contributed by atoms with Gasteiger partial charge in [-0.2, -0.15) is 4.31 Å². The number of anilines is 1. The van der Waals surface area contributed by atoms with E-state index >= 15 is 0 Å². The van der Waals surface area contributed by atoms with Crippen molar-refractivity contribution in [1.29, 1.82) is 0 Å². The molecule has 1 heterocycles. The lowest BCUT2D eigenvalue weighted by Crippen LogP contribution is -2.33. The van der Waals surface area contributed by atoms with Crippen LogP contribution in [0.15, 0.2) is 52.3 Å². The van der Waals surface area contributed by atoms with Gasteiger partial charge in [-0.25, -0.2) is 8.42 Å². The number of benzene rings is 1. The summed E-state index contributed by atoms with van der Waals surface area (Å²) < 4.78 is 27.7. The Bertz CT molecular complexity index is 1090. The molecule has 2 N–H and O–H groups in total. The van der Waals surface area contributed by atoms with Gasteiger partial charge in [-0.05, 0) is 24.6 Å². The van der Waals surface area contributed by atoms with Crippen molar-refractivity contribution in [3.05, 3.63) is 58.5 Å². The predicted molar refractivity (Wildman–Crippen MR) is 119 cm³/mol. The largest absolute Gasteiger partial charge is 0.352 e. The molecule has 31 heavy (non-hydrogen) atoms. The Morgan fingerprint density at radius 3 is 2.35 bits per heavy atom. The van der Waals surface area contributed by atoms with Crippen LogP contribution in [0.2, 0.25) is 0 Å². The molecule has 1 aromatic heterocycles. The second kappa shape index (κ2) is 10.9. The zero-order valence-electron chi connectivity index (χ0n) is 17.9. The second-order valence-corrected chi connectivity index (χ2v) is 8.71. The van der Waals surface area contributed by atoms with Crippen LogP contribution in [-0.4, -0.2) is 48.7 Å². The third kappa shape index (κ3) is 6.02. The number of carbonyl (C=O) groups excluding carboxylic acids is 2. The van der Waals surface area contributed by atoms with Gasteiger partial charge in [0.2, 0.25) is 15.9 Å². The van der Waals surface area contributed by atoms with Crippen molar-refractivity contribution in [1.82, 2.24) is 14.2 Å². The smallest absolute Gasteiger partial charge is 0.253 e. The number of hydrogen-bond donors (Lipinski definition) is 2. The van der Waals surface area contributed by atoms with E-state index in [-0.39, 0.29) is 23.9 Å². The Morgan fingerprint density at radius 1 is 1.03 bits per heavy atom. The highest BCUT2D eigenvalue weighted by molar-refractivity contribution is 7.89. The summed E-state index contributed by atoms with van der Waals surface area (Å²) in [4.78, 5) is 37.0. The minimum absolute atomic E-state index is 0.0667. The lowest BCUT2D eigenvalue weighted by Gasteiger charge is -2.19. The van der Waals surface area contributed by atoms with Gasteiger partial charge in [0.05, 0.1) is 16.1 Å². The van der Waals surface area contributed by atoms with Crippen molar-refractivity contribution in [2.45, 2.75) is 38.6 Å². The maximum absolute atomic E-state index is 12.7. The monoisotopic (exact) mass is 448 g/mol. The van der Waals surface area contributed by atoms with E-state index < -0.39 is 28.0 Å². The normalized spacial score (nSPS) is 11.4. The molecule has 0 atom stereocenters. The Balaban J connectivity index is 2.24. The average Bonchev–Trinajstić information content (AvgIpc) is 2.74. The molecule has 0 aliphatic heterocycles. The van der Waals surface area contributed by atoms with Gasteiger partial charge in [-0.3, -0.25) is 14.4 Å². The summed E-state index contributed by atoms with van der Waals surface area (Å²) in [6.45, 7) is 6.05. The van der Waals surface area contributed by atoms with Crippen LogP contribution in [0, 0.1) is 0 Å². The fourth-order valence-corrected chi connectivity index (χ4v) is 4.44. The summed E-state index contributed by atoms with van der Waals surface area (Å²) in [6, 6.07) is 8.89. The van der Waals surface area contributed by atoms with Crippen LogP contribution in [0.3, 0.4) is 0 Å². The van der Waals surface area contributed by atoms with E-state index in [1.807, 2.05) is 6.92 Å². The van der Waals surface area contributed by atoms with Gasteiger partial charge in [-0.1, -0.05) is 32.9 Å². The maximum atomic E-state index is 12.7. The summed E-state index contributed by atoms with van der Waals surface area (Å²) in [6.07, 6.45) is 1.94. The van der Waals surface area contributed by atoms with Crippen molar-refractivity contribution >= 4 is 27.5 Å². The molecule has 9 nitrogen and oxygen atoms in total. The number of aromatic nitrogens is 1. The van der Waals surface area contributed by atoms with Crippen molar-refractivity contribution in [2.75, 3.05) is 25.0 Å². The molecule has 1 aromatic carbocycles. The number of nitrogens with zero attached hydrogens (tertiary/aromatic N) is 2. The van der Waals surface area contributed by atoms with E-state index in [9.17, 15) is 22.8 Å². The topological polar surface area (TPSA) is 118 Å². The average molecular weight is 449 g/mol. The Morgan fingerprint density at radius 2 is 1.71 bits per heavy atom. The molecule has 0 unspecified atom stereocenters. The Labute approximate surface area is 182 Å². The molecule has 0 spiro atoms. The number of carbonyl (C=O) groups is 2. The van der Waals surface area contributed by atoms with Crippen LogP contribution >= 0.6 is 0 Å². The predicted octanol–water partition coefficient (Wildman–Crippen LogP) is 1.66. The minimum atomic E-state index is -3.77.